The van der Waals surface area contributed by atoms with E-state index in [0.717, 1.165) is 4.42 Å². The second-order valence-corrected chi connectivity index (χ2v) is 2.65. The first-order chi connectivity index (χ1) is 4.55. The number of imide groups is 1. The molecule has 0 spiro atoms. The van der Waals surface area contributed by atoms with Crippen molar-refractivity contribution in [1.82, 2.24) is 4.42 Å². The monoisotopic (exact) mass is 242 g/mol. The van der Waals surface area contributed by atoms with Gasteiger partial charge in [0.1, 0.15) is 0 Å². The minimum absolute atomic E-state index is 0. The molecule has 2 unspecified atom stereocenters. The lowest BCUT2D eigenvalue weighted by molar-refractivity contribution is -0.701. The molecule has 1 rings (SSSR count). The van der Waals surface area contributed by atoms with Crippen molar-refractivity contribution in [3.63, 3.8) is 0 Å². The summed E-state index contributed by atoms with van der Waals surface area (Å²) in [5.74, 6) is -0.181. The summed E-state index contributed by atoms with van der Waals surface area (Å²) >= 11 is 5.44. The van der Waals surface area contributed by atoms with E-state index in [1.165, 1.54) is 7.05 Å². The van der Waals surface area contributed by atoms with Crippen LogP contribution in [0.5, 0.6) is 0 Å². The number of likely N-dealkylation sites (N-methyl/N-ethyl adjacent to an activating group) is 1. The summed E-state index contributed by atoms with van der Waals surface area (Å²) in [6.45, 7) is 1.60. The second-order valence-electron chi connectivity index (χ2n) is 2.28. The minimum atomic E-state index is -0.492. The molecule has 0 aliphatic carbocycles. The van der Waals surface area contributed by atoms with Crippen LogP contribution in [0.2, 0.25) is 0 Å². The zero-order chi connectivity index (χ0) is 7.89. The molecular weight excluding hydrogens is 235 g/mol. The van der Waals surface area contributed by atoms with Crippen molar-refractivity contribution in [1.29, 1.82) is 0 Å². The SMILES string of the molecule is CC1C(=O)[NH+](C)C(=O)N1Cl.[Br-]. The maximum Gasteiger partial charge on any atom is 0.440 e. The van der Waals surface area contributed by atoms with Crippen molar-refractivity contribution >= 4 is 23.7 Å². The molecular formula is C5H8BrClN2O2. The van der Waals surface area contributed by atoms with Crippen LogP contribution in [0.15, 0.2) is 0 Å². The Kier molecular flexibility index (Phi) is 3.47. The summed E-state index contributed by atoms with van der Waals surface area (Å²) in [6.07, 6.45) is 0. The molecule has 1 fully saturated rings. The molecule has 1 N–H and O–H groups in total. The fourth-order valence-corrected chi connectivity index (χ4v) is 1.07. The van der Waals surface area contributed by atoms with Crippen LogP contribution in [0.4, 0.5) is 4.79 Å². The number of hydrogen-bond acceptors (Lipinski definition) is 2. The molecule has 64 valence electrons. The topological polar surface area (TPSA) is 41.8 Å². The molecule has 0 aromatic rings. The fourth-order valence-electron chi connectivity index (χ4n) is 0.858. The number of rotatable bonds is 0. The lowest BCUT2D eigenvalue weighted by atomic mass is 10.3. The second kappa shape index (κ2) is 3.51. The van der Waals surface area contributed by atoms with E-state index in [9.17, 15) is 9.59 Å². The lowest BCUT2D eigenvalue weighted by Gasteiger charge is -2.00. The molecule has 1 aliphatic heterocycles. The Labute approximate surface area is 80.0 Å². The molecule has 4 nitrogen and oxygen atoms in total. The number of nitrogens with zero attached hydrogens (tertiary/aromatic N) is 1. The van der Waals surface area contributed by atoms with Crippen molar-refractivity contribution in [2.75, 3.05) is 7.05 Å². The quantitative estimate of drug-likeness (QED) is 0.348. The summed E-state index contributed by atoms with van der Waals surface area (Å²) in [4.78, 5) is 22.0. The molecule has 2 atom stereocenters. The highest BCUT2D eigenvalue weighted by Crippen LogP contribution is 2.05. The van der Waals surface area contributed by atoms with E-state index >= 15 is 0 Å². The predicted octanol–water partition coefficient (Wildman–Crippen LogP) is -3.99. The van der Waals surface area contributed by atoms with Gasteiger partial charge in [-0.1, -0.05) is 0 Å². The molecule has 1 saturated heterocycles. The third-order valence-electron chi connectivity index (χ3n) is 1.60. The third kappa shape index (κ3) is 1.55. The van der Waals surface area contributed by atoms with Crippen molar-refractivity contribution in [3.05, 3.63) is 0 Å². The standard InChI is InChI=1S/C5H7ClN2O2.BrH/c1-3-4(9)7(2)5(10)8(3)6;/h3H,1-2H3;1H. The van der Waals surface area contributed by atoms with Gasteiger partial charge in [-0.25, -0.2) is 9.59 Å². The first-order valence-electron chi connectivity index (χ1n) is 2.93. The number of hydrogen-bond donors (Lipinski definition) is 1. The van der Waals surface area contributed by atoms with Crippen LogP contribution >= 0.6 is 11.8 Å². The summed E-state index contributed by atoms with van der Waals surface area (Å²) in [5, 5.41) is 0. The van der Waals surface area contributed by atoms with Crippen LogP contribution in [0.1, 0.15) is 6.92 Å². The Morgan fingerprint density at radius 1 is 1.55 bits per heavy atom. The minimum Gasteiger partial charge on any atom is -1.00 e. The van der Waals surface area contributed by atoms with Gasteiger partial charge in [-0.3, -0.25) is 0 Å². The van der Waals surface area contributed by atoms with Crippen LogP contribution in [0.25, 0.3) is 0 Å². The van der Waals surface area contributed by atoms with Crippen LogP contribution < -0.4 is 21.9 Å². The summed E-state index contributed by atoms with van der Waals surface area (Å²) in [5.41, 5.74) is 0. The van der Waals surface area contributed by atoms with Gasteiger partial charge in [0.05, 0.1) is 7.05 Å². The third-order valence-corrected chi connectivity index (χ3v) is 2.05. The molecule has 0 aromatic heterocycles. The zero-order valence-corrected chi connectivity index (χ0v) is 8.44. The van der Waals surface area contributed by atoms with Gasteiger partial charge in [0.25, 0.3) is 0 Å². The molecule has 1 aliphatic rings. The van der Waals surface area contributed by atoms with E-state index in [-0.39, 0.29) is 33.8 Å². The van der Waals surface area contributed by atoms with Gasteiger partial charge in [-0.15, -0.1) is 0 Å². The smallest absolute Gasteiger partial charge is 0.440 e. The van der Waals surface area contributed by atoms with E-state index in [2.05, 4.69) is 0 Å². The lowest BCUT2D eigenvalue weighted by Crippen LogP contribution is -3.12. The van der Waals surface area contributed by atoms with Crippen molar-refractivity contribution in [2.24, 2.45) is 0 Å². The Morgan fingerprint density at radius 2 is 2.00 bits per heavy atom. The number of quaternary nitrogens is 1. The van der Waals surface area contributed by atoms with E-state index < -0.39 is 6.04 Å². The Hall–Kier alpha value is -0.130. The first kappa shape index (κ1) is 10.9. The predicted molar refractivity (Wildman–Crippen MR) is 34.4 cm³/mol. The number of carbonyl (C=O) groups is 2. The molecule has 0 aromatic carbocycles. The summed E-state index contributed by atoms with van der Waals surface area (Å²) in [6, 6.07) is -0.867. The van der Waals surface area contributed by atoms with Crippen molar-refractivity contribution < 1.29 is 31.5 Å². The van der Waals surface area contributed by atoms with Crippen LogP contribution in [0, 0.1) is 0 Å². The molecule has 0 saturated carbocycles. The average molecular weight is 243 g/mol. The average Bonchev–Trinajstić information content (AvgIpc) is 2.07. The highest BCUT2D eigenvalue weighted by Gasteiger charge is 2.45. The van der Waals surface area contributed by atoms with Gasteiger partial charge < -0.3 is 17.0 Å². The first-order valence-corrected chi connectivity index (χ1v) is 3.26. The number of nitrogens with one attached hydrogen (secondary N) is 1. The highest BCUT2D eigenvalue weighted by atomic mass is 79.9. The molecule has 6 heteroatoms. The maximum atomic E-state index is 10.9. The highest BCUT2D eigenvalue weighted by molar-refractivity contribution is 6.23. The molecule has 11 heavy (non-hydrogen) atoms. The summed E-state index contributed by atoms with van der Waals surface area (Å²) in [7, 11) is 1.49. The summed E-state index contributed by atoms with van der Waals surface area (Å²) < 4.78 is 0.928. The van der Waals surface area contributed by atoms with Crippen molar-refractivity contribution in [3.8, 4) is 0 Å². The molecule has 0 bridgehead atoms. The van der Waals surface area contributed by atoms with Crippen molar-refractivity contribution in [2.45, 2.75) is 13.0 Å². The molecule has 3 amide bonds. The maximum absolute atomic E-state index is 10.9. The number of carbonyl (C=O) groups excluding carboxylic acids is 2. The van der Waals surface area contributed by atoms with Crippen LogP contribution in [-0.2, 0) is 4.79 Å². The molecule has 0 radical (unpaired) electrons. The van der Waals surface area contributed by atoms with E-state index in [4.69, 9.17) is 11.8 Å². The fraction of sp³-hybridized carbons (Fsp3) is 0.600. The zero-order valence-electron chi connectivity index (χ0n) is 6.10. The van der Waals surface area contributed by atoms with E-state index in [0.29, 0.717) is 0 Å². The van der Waals surface area contributed by atoms with Gasteiger partial charge >= 0.3 is 11.9 Å². The normalized spacial score (nSPS) is 30.6. The number of amides is 3. The Balaban J connectivity index is 0.000001000. The van der Waals surface area contributed by atoms with Gasteiger partial charge in [0.2, 0.25) is 0 Å². The molecule has 1 heterocycles. The van der Waals surface area contributed by atoms with E-state index in [1.54, 1.807) is 6.92 Å². The Morgan fingerprint density at radius 3 is 2.09 bits per heavy atom. The van der Waals surface area contributed by atoms with E-state index in [1.807, 2.05) is 0 Å². The van der Waals surface area contributed by atoms with Gasteiger partial charge in [0.15, 0.2) is 6.04 Å². The van der Waals surface area contributed by atoms with Crippen LogP contribution in [0.3, 0.4) is 0 Å². The largest absolute Gasteiger partial charge is 1.00 e. The van der Waals surface area contributed by atoms with Gasteiger partial charge in [0, 0.05) is 11.8 Å². The number of halogens is 2. The van der Waals surface area contributed by atoms with Gasteiger partial charge in [-0.05, 0) is 6.92 Å². The van der Waals surface area contributed by atoms with Crippen LogP contribution in [-0.4, -0.2) is 29.4 Å². The Bertz CT molecular complexity index is 179. The number of urea groups is 1. The van der Waals surface area contributed by atoms with Gasteiger partial charge in [-0.2, -0.15) is 9.32 Å².